The number of nitrogen functional groups attached to an aromatic ring is 1. The monoisotopic (exact) mass is 486 g/mol. The van der Waals surface area contributed by atoms with E-state index in [0.717, 1.165) is 16.7 Å². The van der Waals surface area contributed by atoms with E-state index >= 15 is 0 Å². The van der Waals surface area contributed by atoms with Crippen LogP contribution in [0.4, 0.5) is 11.6 Å². The molecule has 0 bridgehead atoms. The molecular weight excluding hydrogens is 460 g/mol. The van der Waals surface area contributed by atoms with Crippen molar-refractivity contribution < 1.29 is 20.1 Å². The van der Waals surface area contributed by atoms with Crippen LogP contribution >= 0.6 is 0 Å². The van der Waals surface area contributed by atoms with Crippen LogP contribution in [0, 0.1) is 11.3 Å². The molecule has 10 heteroatoms. The quantitative estimate of drug-likeness (QED) is 0.275. The van der Waals surface area contributed by atoms with Gasteiger partial charge in [-0.25, -0.2) is 9.97 Å². The normalized spacial score (nSPS) is 23.6. The molecule has 36 heavy (non-hydrogen) atoms. The number of benzene rings is 2. The summed E-state index contributed by atoms with van der Waals surface area (Å²) in [5.41, 5.74) is 7.89. The van der Waals surface area contributed by atoms with Crippen molar-refractivity contribution in [2.24, 2.45) is 0 Å². The zero-order chi connectivity index (χ0) is 25.4. The minimum absolute atomic E-state index is 0.0995. The summed E-state index contributed by atoms with van der Waals surface area (Å²) < 4.78 is 7.35. The highest BCUT2D eigenvalue weighted by molar-refractivity contribution is 5.97. The molecule has 184 valence electrons. The lowest BCUT2D eigenvalue weighted by Gasteiger charge is -2.29. The van der Waals surface area contributed by atoms with Gasteiger partial charge in [-0.15, -0.1) is 0 Å². The lowest BCUT2D eigenvalue weighted by atomic mass is 9.96. The van der Waals surface area contributed by atoms with E-state index in [0.29, 0.717) is 17.7 Å². The van der Waals surface area contributed by atoms with Crippen LogP contribution in [0.15, 0.2) is 60.9 Å². The zero-order valence-electron chi connectivity index (χ0n) is 19.5. The number of hydrogen-bond donors (Lipinski definition) is 5. The molecule has 4 atom stereocenters. The smallest absolute Gasteiger partial charge is 0.168 e. The van der Waals surface area contributed by atoms with E-state index in [1.165, 1.54) is 17.8 Å². The van der Waals surface area contributed by atoms with Gasteiger partial charge in [-0.05, 0) is 23.6 Å². The van der Waals surface area contributed by atoms with Gasteiger partial charge in [0.15, 0.2) is 11.9 Å². The molecule has 2 unspecified atom stereocenters. The predicted molar refractivity (Wildman–Crippen MR) is 133 cm³/mol. The Morgan fingerprint density at radius 2 is 1.83 bits per heavy atom. The van der Waals surface area contributed by atoms with Gasteiger partial charge in [0, 0.05) is 6.54 Å². The number of rotatable bonds is 6. The first-order valence-corrected chi connectivity index (χ1v) is 11.5. The van der Waals surface area contributed by atoms with Crippen LogP contribution < -0.4 is 11.1 Å². The van der Waals surface area contributed by atoms with E-state index in [-0.39, 0.29) is 17.0 Å². The van der Waals surface area contributed by atoms with Gasteiger partial charge in [0.05, 0.1) is 12.0 Å². The molecule has 0 spiro atoms. The molecule has 3 heterocycles. The van der Waals surface area contributed by atoms with E-state index in [2.05, 4.69) is 21.4 Å². The summed E-state index contributed by atoms with van der Waals surface area (Å²) in [6.07, 6.45) is -2.30. The molecule has 1 saturated heterocycles. The Hall–Kier alpha value is -4.01. The van der Waals surface area contributed by atoms with Crippen LogP contribution in [0.2, 0.25) is 0 Å². The van der Waals surface area contributed by atoms with Crippen molar-refractivity contribution in [1.82, 2.24) is 14.5 Å². The first-order chi connectivity index (χ1) is 17.4. The molecule has 0 aliphatic carbocycles. The third-order valence-electron chi connectivity index (χ3n) is 6.61. The third kappa shape index (κ3) is 3.84. The first kappa shape index (κ1) is 23.7. The first-order valence-electron chi connectivity index (χ1n) is 11.5. The summed E-state index contributed by atoms with van der Waals surface area (Å²) in [5.74, 6) is 0.408. The predicted octanol–water partition coefficient (Wildman–Crippen LogP) is 2.17. The van der Waals surface area contributed by atoms with Crippen LogP contribution in [-0.4, -0.2) is 54.3 Å². The van der Waals surface area contributed by atoms with E-state index in [1.54, 1.807) is 0 Å². The van der Waals surface area contributed by atoms with Gasteiger partial charge < -0.3 is 31.1 Å². The Morgan fingerprint density at radius 1 is 1.14 bits per heavy atom. The molecular formula is C26H26N6O4. The number of nitrogens with zero attached hydrogens (tertiary/aromatic N) is 4. The van der Waals surface area contributed by atoms with Crippen LogP contribution in [0.3, 0.4) is 0 Å². The number of aliphatic hydroxyl groups is 3. The average Bonchev–Trinajstić information content (AvgIpc) is 3.33. The fraction of sp³-hybridized carbons (Fsp3) is 0.269. The summed E-state index contributed by atoms with van der Waals surface area (Å²) in [6, 6.07) is 20.2. The topological polar surface area (TPSA) is 162 Å². The van der Waals surface area contributed by atoms with Gasteiger partial charge in [-0.1, -0.05) is 54.6 Å². The van der Waals surface area contributed by atoms with E-state index < -0.39 is 30.6 Å². The molecule has 1 fully saturated rings. The summed E-state index contributed by atoms with van der Waals surface area (Å²) in [7, 11) is 0. The molecule has 2 aromatic heterocycles. The number of aromatic nitrogens is 3. The van der Waals surface area contributed by atoms with Crippen molar-refractivity contribution >= 4 is 22.7 Å². The average molecular weight is 487 g/mol. The van der Waals surface area contributed by atoms with Gasteiger partial charge >= 0.3 is 0 Å². The minimum Gasteiger partial charge on any atom is -0.394 e. The van der Waals surface area contributed by atoms with Crippen molar-refractivity contribution in [2.75, 3.05) is 17.7 Å². The standard InChI is InChI=1S/C26H26N6O4/c1-26(35)21(34)19(13-33)36-25(26)32-23(18(11-27)20-22(28)30-14-31-24(20)32)29-12-15-7-9-17(10-8-15)16-5-3-2-4-6-16/h2-10,14,19,21,25,29,33-35H,12-13H2,1H3,(H2,28,30,31)/t19?,21-,25?,26-/m1/s1. The van der Waals surface area contributed by atoms with Gasteiger partial charge in [-0.2, -0.15) is 5.26 Å². The Morgan fingerprint density at radius 3 is 2.47 bits per heavy atom. The lowest BCUT2D eigenvalue weighted by Crippen LogP contribution is -2.44. The van der Waals surface area contributed by atoms with Crippen LogP contribution in [0.1, 0.15) is 24.3 Å². The molecule has 6 N–H and O–H groups in total. The number of hydrogen-bond acceptors (Lipinski definition) is 9. The molecule has 4 aromatic rings. The van der Waals surface area contributed by atoms with Crippen LogP contribution in [0.25, 0.3) is 22.2 Å². The van der Waals surface area contributed by atoms with Crippen LogP contribution in [-0.2, 0) is 11.3 Å². The van der Waals surface area contributed by atoms with Gasteiger partial charge in [-0.3, -0.25) is 4.57 Å². The highest BCUT2D eigenvalue weighted by Gasteiger charge is 2.54. The summed E-state index contributed by atoms with van der Waals surface area (Å²) in [6.45, 7) is 1.26. The van der Waals surface area contributed by atoms with Gasteiger partial charge in [0.25, 0.3) is 0 Å². The van der Waals surface area contributed by atoms with Crippen molar-refractivity contribution in [3.8, 4) is 17.2 Å². The van der Waals surface area contributed by atoms with E-state index in [4.69, 9.17) is 10.5 Å². The Kier molecular flexibility index (Phi) is 6.07. The van der Waals surface area contributed by atoms with E-state index in [1.807, 2.05) is 54.6 Å². The number of ether oxygens (including phenoxy) is 1. The number of aliphatic hydroxyl groups excluding tert-OH is 2. The Balaban J connectivity index is 1.54. The molecule has 2 aromatic carbocycles. The number of nitriles is 1. The summed E-state index contributed by atoms with van der Waals surface area (Å²) in [4.78, 5) is 8.32. The second-order valence-electron chi connectivity index (χ2n) is 8.96. The van der Waals surface area contributed by atoms with Crippen molar-refractivity contribution in [3.63, 3.8) is 0 Å². The Labute approximate surface area is 207 Å². The molecule has 0 amide bonds. The van der Waals surface area contributed by atoms with Gasteiger partial charge in [0.1, 0.15) is 47.4 Å². The second kappa shape index (κ2) is 9.22. The molecule has 1 aliphatic rings. The van der Waals surface area contributed by atoms with Crippen molar-refractivity contribution in [1.29, 1.82) is 5.26 Å². The SMILES string of the molecule is C[C@]1(O)C(n2c(NCc3ccc(-c4ccccc4)cc3)c(C#N)c3c(N)ncnc32)OC(CO)[C@H]1O. The second-order valence-corrected chi connectivity index (χ2v) is 8.96. The zero-order valence-corrected chi connectivity index (χ0v) is 19.5. The highest BCUT2D eigenvalue weighted by atomic mass is 16.6. The maximum Gasteiger partial charge on any atom is 0.168 e. The Bertz CT molecular complexity index is 1430. The molecule has 10 nitrogen and oxygen atoms in total. The molecule has 0 radical (unpaired) electrons. The largest absolute Gasteiger partial charge is 0.394 e. The van der Waals surface area contributed by atoms with Crippen molar-refractivity contribution in [2.45, 2.75) is 37.5 Å². The van der Waals surface area contributed by atoms with Gasteiger partial charge in [0.2, 0.25) is 0 Å². The van der Waals surface area contributed by atoms with Crippen molar-refractivity contribution in [3.05, 3.63) is 72.1 Å². The molecule has 5 rings (SSSR count). The van der Waals surface area contributed by atoms with Crippen LogP contribution in [0.5, 0.6) is 0 Å². The number of fused-ring (bicyclic) bond motifs is 1. The maximum atomic E-state index is 11.1. The maximum absolute atomic E-state index is 11.1. The number of anilines is 2. The summed E-state index contributed by atoms with van der Waals surface area (Å²) in [5, 5.41) is 45.0. The number of nitrogens with one attached hydrogen (secondary N) is 1. The minimum atomic E-state index is -1.79. The lowest BCUT2D eigenvalue weighted by molar-refractivity contribution is -0.0939. The fourth-order valence-corrected chi connectivity index (χ4v) is 4.66. The van der Waals surface area contributed by atoms with E-state index in [9.17, 15) is 20.6 Å². The third-order valence-corrected chi connectivity index (χ3v) is 6.61. The fourth-order valence-electron chi connectivity index (χ4n) is 4.66. The number of nitrogens with two attached hydrogens (primary N) is 1. The molecule has 1 aliphatic heterocycles. The summed E-state index contributed by atoms with van der Waals surface area (Å²) >= 11 is 0. The molecule has 0 saturated carbocycles. The highest BCUT2D eigenvalue weighted by Crippen LogP contribution is 2.44.